The van der Waals surface area contributed by atoms with Gasteiger partial charge in [-0.3, -0.25) is 0 Å². The third kappa shape index (κ3) is 3.59. The Morgan fingerprint density at radius 3 is 3.06 bits per heavy atom. The maximum absolute atomic E-state index is 9.85. The number of aryl methyl sites for hydroxylation is 1. The van der Waals surface area contributed by atoms with Gasteiger partial charge in [-0.25, -0.2) is 9.97 Å². The van der Waals surface area contributed by atoms with E-state index in [4.69, 9.17) is 0 Å². The van der Waals surface area contributed by atoms with E-state index in [1.54, 1.807) is 17.5 Å². The van der Waals surface area contributed by atoms with Crippen molar-refractivity contribution in [3.63, 3.8) is 0 Å². The fourth-order valence-corrected chi connectivity index (χ4v) is 2.23. The van der Waals surface area contributed by atoms with Crippen LogP contribution in [0.15, 0.2) is 29.1 Å². The topological polar surface area (TPSA) is 58.0 Å². The zero-order valence-electron chi connectivity index (χ0n) is 9.63. The van der Waals surface area contributed by atoms with Crippen LogP contribution in [-0.2, 0) is 6.54 Å². The molecule has 1 unspecified atom stereocenters. The molecule has 2 aromatic heterocycles. The predicted octanol–water partition coefficient (Wildman–Crippen LogP) is 1.67. The van der Waals surface area contributed by atoms with Crippen LogP contribution in [0.25, 0.3) is 0 Å². The molecule has 0 bridgehead atoms. The number of aliphatic hydroxyl groups is 1. The maximum atomic E-state index is 9.85. The molecule has 2 N–H and O–H groups in total. The second-order valence-electron chi connectivity index (χ2n) is 3.80. The minimum absolute atomic E-state index is 0.454. The van der Waals surface area contributed by atoms with Crippen molar-refractivity contribution in [3.8, 4) is 0 Å². The van der Waals surface area contributed by atoms with Crippen molar-refractivity contribution >= 4 is 11.3 Å². The van der Waals surface area contributed by atoms with Crippen LogP contribution >= 0.6 is 11.3 Å². The summed E-state index contributed by atoms with van der Waals surface area (Å²) >= 11 is 1.59. The SMILES string of the molecule is Cc1nccc(CNCC(O)c2ccsc2)n1. The lowest BCUT2D eigenvalue weighted by atomic mass is 10.2. The van der Waals surface area contributed by atoms with E-state index < -0.39 is 6.10 Å². The highest BCUT2D eigenvalue weighted by atomic mass is 32.1. The molecule has 0 aliphatic rings. The van der Waals surface area contributed by atoms with Gasteiger partial charge >= 0.3 is 0 Å². The van der Waals surface area contributed by atoms with Crippen LogP contribution < -0.4 is 5.32 Å². The van der Waals surface area contributed by atoms with Crippen LogP contribution in [-0.4, -0.2) is 21.6 Å². The Morgan fingerprint density at radius 1 is 1.47 bits per heavy atom. The van der Waals surface area contributed by atoms with Gasteiger partial charge in [-0.05, 0) is 35.4 Å². The third-order valence-corrected chi connectivity index (χ3v) is 3.11. The smallest absolute Gasteiger partial charge is 0.125 e. The first-order valence-corrected chi connectivity index (χ1v) is 6.39. The predicted molar refractivity (Wildman–Crippen MR) is 67.8 cm³/mol. The Hall–Kier alpha value is -1.30. The summed E-state index contributed by atoms with van der Waals surface area (Å²) in [5.41, 5.74) is 1.90. The summed E-state index contributed by atoms with van der Waals surface area (Å²) < 4.78 is 0. The quantitative estimate of drug-likeness (QED) is 0.846. The van der Waals surface area contributed by atoms with E-state index in [1.807, 2.05) is 29.8 Å². The number of nitrogens with one attached hydrogen (secondary N) is 1. The van der Waals surface area contributed by atoms with Crippen LogP contribution in [0.3, 0.4) is 0 Å². The van der Waals surface area contributed by atoms with Crippen LogP contribution in [0.4, 0.5) is 0 Å². The summed E-state index contributed by atoms with van der Waals surface area (Å²) in [5.74, 6) is 0.766. The fraction of sp³-hybridized carbons (Fsp3) is 0.333. The second-order valence-corrected chi connectivity index (χ2v) is 4.58. The Kier molecular flexibility index (Phi) is 4.19. The van der Waals surface area contributed by atoms with Gasteiger partial charge in [-0.1, -0.05) is 0 Å². The zero-order valence-corrected chi connectivity index (χ0v) is 10.4. The molecule has 2 rings (SSSR count). The maximum Gasteiger partial charge on any atom is 0.125 e. The van der Waals surface area contributed by atoms with Gasteiger partial charge in [0.25, 0.3) is 0 Å². The van der Waals surface area contributed by atoms with E-state index in [2.05, 4.69) is 15.3 Å². The van der Waals surface area contributed by atoms with Crippen molar-refractivity contribution in [1.29, 1.82) is 0 Å². The molecule has 1 atom stereocenters. The molecule has 0 aliphatic heterocycles. The Bertz CT molecular complexity index is 459. The average molecular weight is 249 g/mol. The van der Waals surface area contributed by atoms with Crippen LogP contribution in [0.1, 0.15) is 23.2 Å². The first-order chi connectivity index (χ1) is 8.25. The molecule has 0 saturated carbocycles. The summed E-state index contributed by atoms with van der Waals surface area (Å²) in [7, 11) is 0. The number of thiophene rings is 1. The van der Waals surface area contributed by atoms with E-state index in [1.165, 1.54) is 0 Å². The minimum Gasteiger partial charge on any atom is -0.387 e. The third-order valence-electron chi connectivity index (χ3n) is 2.41. The van der Waals surface area contributed by atoms with E-state index in [0.29, 0.717) is 13.1 Å². The zero-order chi connectivity index (χ0) is 12.1. The van der Waals surface area contributed by atoms with Crippen molar-refractivity contribution in [3.05, 3.63) is 46.2 Å². The molecular formula is C12H15N3OS. The highest BCUT2D eigenvalue weighted by Gasteiger charge is 2.07. The Labute approximate surface area is 104 Å². The molecule has 5 heteroatoms. The van der Waals surface area contributed by atoms with Crippen molar-refractivity contribution in [2.45, 2.75) is 19.6 Å². The van der Waals surface area contributed by atoms with Crippen molar-refractivity contribution < 1.29 is 5.11 Å². The van der Waals surface area contributed by atoms with E-state index >= 15 is 0 Å². The van der Waals surface area contributed by atoms with Gasteiger partial charge in [0.1, 0.15) is 5.82 Å². The van der Waals surface area contributed by atoms with Crippen LogP contribution in [0.5, 0.6) is 0 Å². The molecule has 0 spiro atoms. The first-order valence-electron chi connectivity index (χ1n) is 5.45. The lowest BCUT2D eigenvalue weighted by Crippen LogP contribution is -2.21. The molecule has 0 amide bonds. The molecule has 0 radical (unpaired) electrons. The normalized spacial score (nSPS) is 12.6. The number of nitrogens with zero attached hydrogens (tertiary/aromatic N) is 2. The van der Waals surface area contributed by atoms with Crippen LogP contribution in [0, 0.1) is 6.92 Å². The molecule has 0 aliphatic carbocycles. The van der Waals surface area contributed by atoms with Gasteiger partial charge in [0.2, 0.25) is 0 Å². The van der Waals surface area contributed by atoms with Gasteiger partial charge in [0.05, 0.1) is 11.8 Å². The van der Waals surface area contributed by atoms with E-state index in [9.17, 15) is 5.11 Å². The number of aromatic nitrogens is 2. The molecule has 0 fully saturated rings. The Balaban J connectivity index is 1.80. The van der Waals surface area contributed by atoms with Crippen LogP contribution in [0.2, 0.25) is 0 Å². The van der Waals surface area contributed by atoms with E-state index in [-0.39, 0.29) is 0 Å². The minimum atomic E-state index is -0.454. The van der Waals surface area contributed by atoms with Gasteiger partial charge in [-0.2, -0.15) is 11.3 Å². The number of hydrogen-bond donors (Lipinski definition) is 2. The summed E-state index contributed by atoms with van der Waals surface area (Å²) in [6.07, 6.45) is 1.29. The largest absolute Gasteiger partial charge is 0.387 e. The van der Waals surface area contributed by atoms with E-state index in [0.717, 1.165) is 17.1 Å². The molecule has 0 saturated heterocycles. The lowest BCUT2D eigenvalue weighted by Gasteiger charge is -2.10. The van der Waals surface area contributed by atoms with Gasteiger partial charge in [-0.15, -0.1) is 0 Å². The summed E-state index contributed by atoms with van der Waals surface area (Å²) in [6, 6.07) is 3.81. The van der Waals surface area contributed by atoms with Gasteiger partial charge in [0.15, 0.2) is 0 Å². The monoisotopic (exact) mass is 249 g/mol. The highest BCUT2D eigenvalue weighted by Crippen LogP contribution is 2.15. The van der Waals surface area contributed by atoms with Crippen molar-refractivity contribution in [2.24, 2.45) is 0 Å². The summed E-state index contributed by atoms with van der Waals surface area (Å²) in [6.45, 7) is 3.04. The number of hydrogen-bond acceptors (Lipinski definition) is 5. The summed E-state index contributed by atoms with van der Waals surface area (Å²) in [5, 5.41) is 17.0. The lowest BCUT2D eigenvalue weighted by molar-refractivity contribution is 0.174. The number of rotatable bonds is 5. The second kappa shape index (κ2) is 5.86. The van der Waals surface area contributed by atoms with Gasteiger partial charge < -0.3 is 10.4 Å². The van der Waals surface area contributed by atoms with Gasteiger partial charge in [0, 0.05) is 19.3 Å². The fourth-order valence-electron chi connectivity index (χ4n) is 1.52. The molecule has 90 valence electrons. The Morgan fingerprint density at radius 2 is 2.35 bits per heavy atom. The standard InChI is InChI=1S/C12H15N3OS/c1-9-14-4-2-11(15-9)6-13-7-12(16)10-3-5-17-8-10/h2-5,8,12-13,16H,6-7H2,1H3. The molecule has 4 nitrogen and oxygen atoms in total. The average Bonchev–Trinajstić information content (AvgIpc) is 2.82. The van der Waals surface area contributed by atoms with Crippen molar-refractivity contribution in [2.75, 3.05) is 6.54 Å². The highest BCUT2D eigenvalue weighted by molar-refractivity contribution is 7.07. The van der Waals surface area contributed by atoms with Crippen molar-refractivity contribution in [1.82, 2.24) is 15.3 Å². The first kappa shape index (κ1) is 12.2. The molecule has 0 aromatic carbocycles. The molecular weight excluding hydrogens is 234 g/mol. The molecule has 17 heavy (non-hydrogen) atoms. The number of aliphatic hydroxyl groups excluding tert-OH is 1. The summed E-state index contributed by atoms with van der Waals surface area (Å²) in [4.78, 5) is 8.32. The molecule has 2 heterocycles. The molecule has 2 aromatic rings.